The molecule has 4 aromatic rings. The van der Waals surface area contributed by atoms with Gasteiger partial charge in [0.25, 0.3) is 5.91 Å². The van der Waals surface area contributed by atoms with Gasteiger partial charge in [-0.25, -0.2) is 0 Å². The van der Waals surface area contributed by atoms with Crippen LogP contribution in [0.4, 0.5) is 0 Å². The molecule has 1 amide bonds. The number of methoxy groups -OCH3 is 2. The number of amides is 1. The van der Waals surface area contributed by atoms with Gasteiger partial charge in [-0.2, -0.15) is 5.10 Å². The van der Waals surface area contributed by atoms with E-state index >= 15 is 0 Å². The Morgan fingerprint density at radius 3 is 2.44 bits per heavy atom. The first-order chi connectivity index (χ1) is 20.9. The quantitative estimate of drug-likeness (QED) is 0.162. The minimum absolute atomic E-state index is 0.126. The molecule has 1 unspecified atom stereocenters. The van der Waals surface area contributed by atoms with E-state index in [1.807, 2.05) is 73.3 Å². The molecule has 0 bridgehead atoms. The third-order valence-electron chi connectivity index (χ3n) is 8.12. The van der Waals surface area contributed by atoms with Crippen LogP contribution >= 0.6 is 0 Å². The molecule has 8 nitrogen and oxygen atoms in total. The lowest BCUT2D eigenvalue weighted by molar-refractivity contribution is 0.0746. The lowest BCUT2D eigenvalue weighted by Gasteiger charge is -2.27. The molecule has 43 heavy (non-hydrogen) atoms. The highest BCUT2D eigenvalue weighted by Crippen LogP contribution is 2.45. The van der Waals surface area contributed by atoms with E-state index in [1.165, 1.54) is 12.8 Å². The van der Waals surface area contributed by atoms with E-state index in [4.69, 9.17) is 14.2 Å². The van der Waals surface area contributed by atoms with E-state index in [9.17, 15) is 9.90 Å². The van der Waals surface area contributed by atoms with Crippen LogP contribution in [0.5, 0.6) is 23.0 Å². The van der Waals surface area contributed by atoms with E-state index in [2.05, 4.69) is 17.1 Å². The molecule has 1 aliphatic rings. The third kappa shape index (κ3) is 6.19. The molecule has 0 aliphatic carbocycles. The summed E-state index contributed by atoms with van der Waals surface area (Å²) in [5.74, 6) is 2.16. The first kappa shape index (κ1) is 30.0. The highest BCUT2D eigenvalue weighted by atomic mass is 16.5. The van der Waals surface area contributed by atoms with E-state index in [1.54, 1.807) is 14.2 Å². The summed E-state index contributed by atoms with van der Waals surface area (Å²) in [5.41, 5.74) is 6.16. The van der Waals surface area contributed by atoms with Crippen LogP contribution in [-0.2, 0) is 6.42 Å². The summed E-state index contributed by atoms with van der Waals surface area (Å²) in [6.45, 7) is 7.21. The minimum atomic E-state index is -0.393. The topological polar surface area (TPSA) is 96.9 Å². The number of carbonyl (C=O) groups excluding carboxylic acids is 1. The second kappa shape index (κ2) is 13.2. The Labute approximate surface area is 253 Å². The number of aromatic amines is 1. The fraction of sp³-hybridized carbons (Fsp3) is 0.371. The van der Waals surface area contributed by atoms with Crippen LogP contribution < -0.4 is 14.2 Å². The average molecular weight is 584 g/mol. The molecule has 0 saturated heterocycles. The largest absolute Gasteiger partial charge is 0.507 e. The normalized spacial score (nSPS) is 14.2. The highest BCUT2D eigenvalue weighted by molar-refractivity contribution is 6.00. The number of phenols is 1. The van der Waals surface area contributed by atoms with Crippen molar-refractivity contribution in [1.82, 2.24) is 15.1 Å². The van der Waals surface area contributed by atoms with Crippen molar-refractivity contribution >= 4 is 5.91 Å². The highest BCUT2D eigenvalue weighted by Gasteiger charge is 2.42. The molecule has 2 heterocycles. The van der Waals surface area contributed by atoms with E-state index < -0.39 is 6.04 Å². The molecule has 3 aromatic carbocycles. The van der Waals surface area contributed by atoms with Gasteiger partial charge in [-0.05, 0) is 79.3 Å². The Kier molecular flexibility index (Phi) is 9.24. The van der Waals surface area contributed by atoms with Gasteiger partial charge < -0.3 is 24.2 Å². The number of aryl methyl sites for hydroxylation is 2. The fourth-order valence-electron chi connectivity index (χ4n) is 5.87. The van der Waals surface area contributed by atoms with Crippen LogP contribution in [0.15, 0.2) is 54.6 Å². The van der Waals surface area contributed by atoms with Crippen LogP contribution in [0, 0.1) is 13.8 Å². The van der Waals surface area contributed by atoms with Gasteiger partial charge in [0.2, 0.25) is 0 Å². The van der Waals surface area contributed by atoms with Crippen molar-refractivity contribution < 1.29 is 24.1 Å². The SMILES string of the molecule is CCCCCCOc1ccc(C2c3c(-c4cc(C)cc(C)c4O)n[nH]c3C(=O)N2CCc2ccc(OC)c(OC)c2)cc1. The first-order valence-corrected chi connectivity index (χ1v) is 15.0. The summed E-state index contributed by atoms with van der Waals surface area (Å²) in [7, 11) is 3.23. The van der Waals surface area contributed by atoms with Gasteiger partial charge in [0.15, 0.2) is 11.5 Å². The zero-order valence-electron chi connectivity index (χ0n) is 25.7. The Morgan fingerprint density at radius 1 is 0.953 bits per heavy atom. The standard InChI is InChI=1S/C35H41N3O5/c1-6-7-8-9-18-43-26-13-11-25(12-14-26)33-30-31(27-20-22(2)19-23(3)34(27)39)36-37-32(30)35(40)38(33)17-16-24-10-15-28(41-4)29(21-24)42-5/h10-15,19-21,33,39H,6-9,16-18H2,1-5H3,(H,36,37). The van der Waals surface area contributed by atoms with Crippen LogP contribution in [0.3, 0.4) is 0 Å². The van der Waals surface area contributed by atoms with Gasteiger partial charge in [-0.1, -0.05) is 50.5 Å². The van der Waals surface area contributed by atoms with Gasteiger partial charge >= 0.3 is 0 Å². The predicted molar refractivity (Wildman–Crippen MR) is 167 cm³/mol. The Morgan fingerprint density at radius 2 is 1.72 bits per heavy atom. The van der Waals surface area contributed by atoms with E-state index in [0.29, 0.717) is 48.0 Å². The molecular formula is C35H41N3O5. The second-order valence-corrected chi connectivity index (χ2v) is 11.2. The molecule has 8 heteroatoms. The van der Waals surface area contributed by atoms with Crippen LogP contribution in [0.25, 0.3) is 11.3 Å². The molecule has 5 rings (SSSR count). The fourth-order valence-corrected chi connectivity index (χ4v) is 5.87. The Balaban J connectivity index is 1.49. The number of ether oxygens (including phenoxy) is 3. The Bertz CT molecular complexity index is 1580. The second-order valence-electron chi connectivity index (χ2n) is 11.2. The summed E-state index contributed by atoms with van der Waals surface area (Å²) in [6.07, 6.45) is 5.20. The van der Waals surface area contributed by atoms with Crippen molar-refractivity contribution in [2.75, 3.05) is 27.4 Å². The zero-order valence-corrected chi connectivity index (χ0v) is 25.7. The van der Waals surface area contributed by atoms with Crippen molar-refractivity contribution in [1.29, 1.82) is 0 Å². The zero-order chi connectivity index (χ0) is 30.5. The van der Waals surface area contributed by atoms with Crippen molar-refractivity contribution in [2.24, 2.45) is 0 Å². The smallest absolute Gasteiger partial charge is 0.273 e. The monoisotopic (exact) mass is 583 g/mol. The number of nitrogens with one attached hydrogen (secondary N) is 1. The van der Waals surface area contributed by atoms with Crippen molar-refractivity contribution in [3.63, 3.8) is 0 Å². The predicted octanol–water partition coefficient (Wildman–Crippen LogP) is 7.16. The third-order valence-corrected chi connectivity index (χ3v) is 8.12. The van der Waals surface area contributed by atoms with Crippen LogP contribution in [0.1, 0.15) is 77.0 Å². The molecule has 226 valence electrons. The van der Waals surface area contributed by atoms with Crippen LogP contribution in [-0.4, -0.2) is 53.5 Å². The van der Waals surface area contributed by atoms with E-state index in [0.717, 1.165) is 46.4 Å². The van der Waals surface area contributed by atoms with Gasteiger partial charge in [-0.3, -0.25) is 9.89 Å². The molecule has 0 radical (unpaired) electrons. The van der Waals surface area contributed by atoms with Crippen LogP contribution in [0.2, 0.25) is 0 Å². The molecular weight excluding hydrogens is 542 g/mol. The maximum Gasteiger partial charge on any atom is 0.273 e. The number of carbonyl (C=O) groups is 1. The maximum absolute atomic E-state index is 13.9. The summed E-state index contributed by atoms with van der Waals surface area (Å²) in [4.78, 5) is 15.8. The van der Waals surface area contributed by atoms with Gasteiger partial charge in [0.1, 0.15) is 22.9 Å². The summed E-state index contributed by atoms with van der Waals surface area (Å²) < 4.78 is 16.9. The Hall–Kier alpha value is -4.46. The summed E-state index contributed by atoms with van der Waals surface area (Å²) >= 11 is 0. The lowest BCUT2D eigenvalue weighted by Crippen LogP contribution is -2.31. The lowest BCUT2D eigenvalue weighted by atomic mass is 9.94. The molecule has 2 N–H and O–H groups in total. The number of unbranched alkanes of at least 4 members (excludes halogenated alkanes) is 3. The first-order valence-electron chi connectivity index (χ1n) is 15.0. The number of rotatable bonds is 13. The number of H-pyrrole nitrogens is 1. The maximum atomic E-state index is 13.9. The molecule has 0 fully saturated rings. The number of phenolic OH excluding ortho intramolecular Hbond substituents is 1. The average Bonchev–Trinajstić information content (AvgIpc) is 3.56. The number of aromatic nitrogens is 2. The number of aromatic hydroxyl groups is 1. The van der Waals surface area contributed by atoms with Gasteiger partial charge in [-0.15, -0.1) is 0 Å². The molecule has 1 aromatic heterocycles. The van der Waals surface area contributed by atoms with Gasteiger partial charge in [0, 0.05) is 17.7 Å². The number of fused-ring (bicyclic) bond motifs is 1. The van der Waals surface area contributed by atoms with Gasteiger partial charge in [0.05, 0.1) is 26.9 Å². The number of benzene rings is 3. The summed E-state index contributed by atoms with van der Waals surface area (Å²) in [6, 6.07) is 17.3. The summed E-state index contributed by atoms with van der Waals surface area (Å²) in [5, 5.41) is 18.6. The molecule has 0 saturated carbocycles. The number of nitrogens with zero attached hydrogens (tertiary/aromatic N) is 2. The minimum Gasteiger partial charge on any atom is -0.507 e. The van der Waals surface area contributed by atoms with E-state index in [-0.39, 0.29) is 11.7 Å². The number of hydrogen-bond acceptors (Lipinski definition) is 6. The molecule has 0 spiro atoms. The van der Waals surface area contributed by atoms with Crippen molar-refractivity contribution in [3.8, 4) is 34.3 Å². The molecule has 1 atom stereocenters. The molecule has 1 aliphatic heterocycles. The van der Waals surface area contributed by atoms with Crippen molar-refractivity contribution in [2.45, 2.75) is 58.9 Å². The van der Waals surface area contributed by atoms with Crippen molar-refractivity contribution in [3.05, 3.63) is 88.1 Å². The number of hydrogen-bond donors (Lipinski definition) is 2.